The number of ether oxygens (including phenoxy) is 1. The maximum Gasteiger partial charge on any atom is 0.408 e. The third kappa shape index (κ3) is 5.40. The number of nitrogens with one attached hydrogen (secondary N) is 2. The molecule has 0 spiro atoms. The summed E-state index contributed by atoms with van der Waals surface area (Å²) >= 11 is 0. The molecule has 4 rings (SSSR count). The van der Waals surface area contributed by atoms with Gasteiger partial charge in [0.05, 0.1) is 6.54 Å². The quantitative estimate of drug-likeness (QED) is 0.444. The molecule has 2 atom stereocenters. The number of carbonyl (C=O) groups is 3. The number of carbonyl (C=O) groups excluding carboxylic acids is 2. The summed E-state index contributed by atoms with van der Waals surface area (Å²) in [6.07, 6.45) is -0.524. The molecule has 2 amide bonds. The number of hydrogen-bond acceptors (Lipinski definition) is 5. The van der Waals surface area contributed by atoms with Crippen molar-refractivity contribution in [2.75, 3.05) is 0 Å². The van der Waals surface area contributed by atoms with Crippen LogP contribution in [-0.2, 0) is 33.7 Å². The number of phenols is 1. The lowest BCUT2D eigenvalue weighted by molar-refractivity contribution is -0.152. The van der Waals surface area contributed by atoms with Gasteiger partial charge in [-0.1, -0.05) is 30.3 Å². The maximum atomic E-state index is 13.7. The van der Waals surface area contributed by atoms with Gasteiger partial charge in [0.25, 0.3) is 0 Å². The predicted octanol–water partition coefficient (Wildman–Crippen LogP) is 3.35. The minimum absolute atomic E-state index is 0.0713. The molecule has 0 unspecified atom stereocenters. The molecule has 0 radical (unpaired) electrons. The number of aromatic nitrogens is 1. The lowest BCUT2D eigenvalue weighted by Gasteiger charge is -2.36. The monoisotopic (exact) mass is 479 g/mol. The van der Waals surface area contributed by atoms with Crippen molar-refractivity contribution in [2.45, 2.75) is 57.8 Å². The van der Waals surface area contributed by atoms with E-state index in [-0.39, 0.29) is 25.1 Å². The van der Waals surface area contributed by atoms with Gasteiger partial charge in [-0.25, -0.2) is 9.59 Å². The molecular weight excluding hydrogens is 450 g/mol. The molecule has 9 heteroatoms. The van der Waals surface area contributed by atoms with Crippen LogP contribution >= 0.6 is 0 Å². The molecule has 4 N–H and O–H groups in total. The number of fused-ring (bicyclic) bond motifs is 3. The van der Waals surface area contributed by atoms with Gasteiger partial charge in [-0.2, -0.15) is 0 Å². The highest BCUT2D eigenvalue weighted by Crippen LogP contribution is 2.31. The Labute approximate surface area is 202 Å². The Hall–Kier alpha value is -4.01. The van der Waals surface area contributed by atoms with E-state index in [0.29, 0.717) is 5.56 Å². The molecule has 0 bridgehead atoms. The topological polar surface area (TPSA) is 132 Å². The number of amides is 2. The van der Waals surface area contributed by atoms with Crippen LogP contribution in [0.2, 0.25) is 0 Å². The summed E-state index contributed by atoms with van der Waals surface area (Å²) in [5, 5.41) is 23.1. The van der Waals surface area contributed by atoms with Crippen molar-refractivity contribution in [3.05, 3.63) is 65.4 Å². The smallest absolute Gasteiger partial charge is 0.408 e. The van der Waals surface area contributed by atoms with Crippen LogP contribution in [0.3, 0.4) is 0 Å². The number of alkyl carbamates (subject to hydrolysis) is 1. The number of rotatable bonds is 5. The molecule has 9 nitrogen and oxygen atoms in total. The number of hydrogen-bond donors (Lipinski definition) is 4. The van der Waals surface area contributed by atoms with Gasteiger partial charge >= 0.3 is 12.1 Å². The van der Waals surface area contributed by atoms with Crippen molar-refractivity contribution < 1.29 is 29.3 Å². The molecule has 1 aliphatic heterocycles. The van der Waals surface area contributed by atoms with Crippen LogP contribution in [0, 0.1) is 0 Å². The Morgan fingerprint density at radius 1 is 1.14 bits per heavy atom. The number of H-pyrrole nitrogens is 1. The second-order valence-corrected chi connectivity index (χ2v) is 9.72. The second kappa shape index (κ2) is 9.32. The predicted molar refractivity (Wildman–Crippen MR) is 129 cm³/mol. The van der Waals surface area contributed by atoms with E-state index in [9.17, 15) is 24.6 Å². The minimum atomic E-state index is -1.12. The number of phenolic OH excluding ortho intramolecular Hbond substituents is 1. The van der Waals surface area contributed by atoms with E-state index in [4.69, 9.17) is 4.74 Å². The summed E-state index contributed by atoms with van der Waals surface area (Å²) in [7, 11) is 0. The molecule has 0 fully saturated rings. The summed E-state index contributed by atoms with van der Waals surface area (Å²) in [6, 6.07) is 11.7. The summed E-state index contributed by atoms with van der Waals surface area (Å²) in [6.45, 7) is 5.21. The molecule has 0 saturated carbocycles. The van der Waals surface area contributed by atoms with Gasteiger partial charge in [-0.05, 0) is 50.1 Å². The number of aromatic amines is 1. The fourth-order valence-electron chi connectivity index (χ4n) is 4.38. The lowest BCUT2D eigenvalue weighted by atomic mass is 9.95. The second-order valence-electron chi connectivity index (χ2n) is 9.72. The van der Waals surface area contributed by atoms with Crippen molar-refractivity contribution in [2.24, 2.45) is 0 Å². The van der Waals surface area contributed by atoms with Crippen LogP contribution in [0.25, 0.3) is 10.9 Å². The van der Waals surface area contributed by atoms with Crippen molar-refractivity contribution >= 4 is 28.9 Å². The number of aliphatic carboxylic acids is 1. The molecule has 1 aromatic heterocycles. The zero-order valence-corrected chi connectivity index (χ0v) is 19.9. The van der Waals surface area contributed by atoms with Gasteiger partial charge in [0.2, 0.25) is 5.91 Å². The number of benzene rings is 2. The Morgan fingerprint density at radius 3 is 2.49 bits per heavy atom. The Kier molecular flexibility index (Phi) is 6.43. The summed E-state index contributed by atoms with van der Waals surface area (Å²) in [5.41, 5.74) is 2.45. The van der Waals surface area contributed by atoms with E-state index in [2.05, 4.69) is 10.3 Å². The van der Waals surface area contributed by atoms with Gasteiger partial charge in [-0.3, -0.25) is 4.79 Å². The fraction of sp³-hybridized carbons (Fsp3) is 0.346. The Morgan fingerprint density at radius 2 is 1.83 bits per heavy atom. The van der Waals surface area contributed by atoms with Gasteiger partial charge in [-0.15, -0.1) is 0 Å². The van der Waals surface area contributed by atoms with E-state index in [1.54, 1.807) is 32.9 Å². The first kappa shape index (κ1) is 24.1. The van der Waals surface area contributed by atoms with Crippen LogP contribution in [0.15, 0.2) is 48.5 Å². The average Bonchev–Trinajstić information content (AvgIpc) is 3.15. The van der Waals surface area contributed by atoms with Gasteiger partial charge in [0, 0.05) is 29.4 Å². The summed E-state index contributed by atoms with van der Waals surface area (Å²) < 4.78 is 5.35. The Balaban J connectivity index is 1.65. The zero-order chi connectivity index (χ0) is 25.3. The maximum absolute atomic E-state index is 13.7. The number of carboxylic acids is 1. The van der Waals surface area contributed by atoms with Crippen molar-refractivity contribution in [3.8, 4) is 5.75 Å². The highest BCUT2D eigenvalue weighted by molar-refractivity contribution is 5.92. The molecule has 3 aromatic rings. The first-order valence-electron chi connectivity index (χ1n) is 11.4. The molecule has 2 heterocycles. The molecule has 2 aromatic carbocycles. The highest BCUT2D eigenvalue weighted by Gasteiger charge is 2.39. The number of carboxylic acid groups (broad SMARTS) is 1. The third-order valence-electron chi connectivity index (χ3n) is 5.94. The van der Waals surface area contributed by atoms with Gasteiger partial charge < -0.3 is 30.2 Å². The van der Waals surface area contributed by atoms with Crippen molar-refractivity contribution in [1.29, 1.82) is 0 Å². The number of nitrogens with zero attached hydrogens (tertiary/aromatic N) is 1. The average molecular weight is 480 g/mol. The van der Waals surface area contributed by atoms with E-state index < -0.39 is 35.7 Å². The first-order chi connectivity index (χ1) is 16.5. The summed E-state index contributed by atoms with van der Waals surface area (Å²) in [5.74, 6) is -1.57. The van der Waals surface area contributed by atoms with E-state index >= 15 is 0 Å². The van der Waals surface area contributed by atoms with E-state index in [1.807, 2.05) is 24.3 Å². The zero-order valence-electron chi connectivity index (χ0n) is 19.9. The van der Waals surface area contributed by atoms with Crippen LogP contribution < -0.4 is 5.32 Å². The highest BCUT2D eigenvalue weighted by atomic mass is 16.6. The van der Waals surface area contributed by atoms with E-state index in [1.165, 1.54) is 17.0 Å². The van der Waals surface area contributed by atoms with Gasteiger partial charge in [0.15, 0.2) is 0 Å². The first-order valence-corrected chi connectivity index (χ1v) is 11.4. The SMILES string of the molecule is CC(C)(C)OC(=O)N[C@@H](Cc1ccc(O)cc1)C(=O)N1Cc2[nH]c3ccccc3c2C[C@H]1C(=O)O. The van der Waals surface area contributed by atoms with Gasteiger partial charge in [0.1, 0.15) is 23.4 Å². The van der Waals surface area contributed by atoms with Crippen molar-refractivity contribution in [1.82, 2.24) is 15.2 Å². The lowest BCUT2D eigenvalue weighted by Crippen LogP contribution is -2.56. The number of aromatic hydroxyl groups is 1. The third-order valence-corrected chi connectivity index (χ3v) is 5.94. The fourth-order valence-corrected chi connectivity index (χ4v) is 4.38. The van der Waals surface area contributed by atoms with Crippen LogP contribution in [0.4, 0.5) is 4.79 Å². The standard InChI is InChI=1S/C26H29N3O6/c1-26(2,3)35-25(34)28-20(12-15-8-10-16(30)11-9-15)23(31)29-14-21-18(13-22(29)24(32)33)17-6-4-5-7-19(17)27-21/h4-11,20,22,27,30H,12-14H2,1-3H3,(H,28,34)(H,32,33)/t20-,22-/m0/s1. The van der Waals surface area contributed by atoms with Crippen LogP contribution in [-0.4, -0.2) is 55.8 Å². The Bertz CT molecular complexity index is 1260. The molecular formula is C26H29N3O6. The summed E-state index contributed by atoms with van der Waals surface area (Å²) in [4.78, 5) is 43.1. The van der Waals surface area contributed by atoms with E-state index in [0.717, 1.165) is 22.2 Å². The molecule has 35 heavy (non-hydrogen) atoms. The molecule has 1 aliphatic rings. The molecule has 0 saturated heterocycles. The van der Waals surface area contributed by atoms with Crippen LogP contribution in [0.1, 0.15) is 37.6 Å². The minimum Gasteiger partial charge on any atom is -0.508 e. The molecule has 0 aliphatic carbocycles. The largest absolute Gasteiger partial charge is 0.508 e. The normalized spacial score (nSPS) is 16.4. The molecule has 184 valence electrons. The number of para-hydroxylation sites is 1. The van der Waals surface area contributed by atoms with Crippen molar-refractivity contribution in [3.63, 3.8) is 0 Å². The van der Waals surface area contributed by atoms with Crippen LogP contribution in [0.5, 0.6) is 5.75 Å².